The van der Waals surface area contributed by atoms with Crippen LogP contribution >= 0.6 is 0 Å². The number of hydrogen-bond acceptors (Lipinski definition) is 3. The quantitative estimate of drug-likeness (QED) is 0.717. The summed E-state index contributed by atoms with van der Waals surface area (Å²) in [7, 11) is 1.59. The molecule has 138 valence electrons. The molecule has 0 bridgehead atoms. The number of nitrogens with zero attached hydrogens (tertiary/aromatic N) is 2. The summed E-state index contributed by atoms with van der Waals surface area (Å²) in [4.78, 5) is 2.22. The number of aliphatic hydroxyl groups is 1. The van der Waals surface area contributed by atoms with Crippen molar-refractivity contribution in [3.63, 3.8) is 0 Å². The first kappa shape index (κ1) is 19.6. The number of ether oxygens (including phenoxy) is 1. The van der Waals surface area contributed by atoms with Gasteiger partial charge in [0.05, 0.1) is 19.3 Å². The third kappa shape index (κ3) is 6.27. The second-order valence-electron chi connectivity index (χ2n) is 6.92. The molecule has 5 heteroatoms. The van der Waals surface area contributed by atoms with Gasteiger partial charge in [-0.15, -0.1) is 0 Å². The van der Waals surface area contributed by atoms with E-state index in [0.29, 0.717) is 37.7 Å². The van der Waals surface area contributed by atoms with Crippen molar-refractivity contribution >= 4 is 0 Å². The van der Waals surface area contributed by atoms with Crippen LogP contribution in [-0.4, -0.2) is 47.5 Å². The topological polar surface area (TPSA) is 37.6 Å². The number of methoxy groups -OCH3 is 1. The van der Waals surface area contributed by atoms with Crippen molar-refractivity contribution in [1.82, 2.24) is 9.47 Å². The Bertz CT molecular complexity index is 642. The number of hydrogen-bond donors (Lipinski definition) is 1. The summed E-state index contributed by atoms with van der Waals surface area (Å²) in [6, 6.07) is 10.9. The minimum atomic E-state index is -0.515. The van der Waals surface area contributed by atoms with E-state index in [1.54, 1.807) is 13.2 Å². The van der Waals surface area contributed by atoms with Crippen LogP contribution in [0.4, 0.5) is 4.39 Å². The van der Waals surface area contributed by atoms with E-state index >= 15 is 0 Å². The number of rotatable bonds is 10. The molecule has 4 nitrogen and oxygen atoms in total. The van der Waals surface area contributed by atoms with E-state index in [1.165, 1.54) is 6.07 Å². The molecule has 0 saturated carbocycles. The summed E-state index contributed by atoms with van der Waals surface area (Å²) in [6.07, 6.45) is 1.46. The molecule has 0 aliphatic rings. The molecule has 0 aliphatic heterocycles. The van der Waals surface area contributed by atoms with E-state index in [4.69, 9.17) is 4.74 Å². The molecule has 0 saturated heterocycles. The Balaban J connectivity index is 2.09. The zero-order valence-electron chi connectivity index (χ0n) is 15.4. The van der Waals surface area contributed by atoms with Crippen LogP contribution in [0.5, 0.6) is 0 Å². The summed E-state index contributed by atoms with van der Waals surface area (Å²) in [5, 5.41) is 10.1. The molecular weight excluding hydrogens is 319 g/mol. The Morgan fingerprint density at radius 3 is 2.60 bits per heavy atom. The third-order valence-electron chi connectivity index (χ3n) is 4.06. The Hall–Kier alpha value is -1.69. The lowest BCUT2D eigenvalue weighted by Crippen LogP contribution is -2.37. The summed E-state index contributed by atoms with van der Waals surface area (Å²) in [5.74, 6) is 0.307. The van der Waals surface area contributed by atoms with Gasteiger partial charge in [0.15, 0.2) is 0 Å². The highest BCUT2D eigenvalue weighted by molar-refractivity contribution is 5.19. The average molecular weight is 348 g/mol. The second kappa shape index (κ2) is 9.70. The van der Waals surface area contributed by atoms with Crippen LogP contribution in [0.2, 0.25) is 0 Å². The van der Waals surface area contributed by atoms with Crippen LogP contribution in [0.25, 0.3) is 0 Å². The molecule has 0 aliphatic carbocycles. The molecule has 0 amide bonds. The lowest BCUT2D eigenvalue weighted by atomic mass is 10.2. The van der Waals surface area contributed by atoms with E-state index in [-0.39, 0.29) is 5.82 Å². The van der Waals surface area contributed by atoms with Crippen molar-refractivity contribution in [2.75, 3.05) is 26.8 Å². The lowest BCUT2D eigenvalue weighted by Gasteiger charge is -2.27. The van der Waals surface area contributed by atoms with Crippen molar-refractivity contribution < 1.29 is 14.2 Å². The molecule has 2 aromatic rings. The molecule has 1 atom stereocenters. The highest BCUT2D eigenvalue weighted by Crippen LogP contribution is 2.14. The van der Waals surface area contributed by atoms with Crippen molar-refractivity contribution in [2.45, 2.75) is 33.0 Å². The molecule has 1 aromatic carbocycles. The predicted octanol–water partition coefficient (Wildman–Crippen LogP) is 3.14. The lowest BCUT2D eigenvalue weighted by molar-refractivity contribution is 0.0326. The maximum atomic E-state index is 13.9. The smallest absolute Gasteiger partial charge is 0.128 e. The van der Waals surface area contributed by atoms with E-state index in [2.05, 4.69) is 29.4 Å². The van der Waals surface area contributed by atoms with Crippen LogP contribution in [0.3, 0.4) is 0 Å². The minimum absolute atomic E-state index is 0.184. The van der Waals surface area contributed by atoms with Gasteiger partial charge >= 0.3 is 0 Å². The van der Waals surface area contributed by atoms with E-state index in [0.717, 1.165) is 12.2 Å². The first-order valence-corrected chi connectivity index (χ1v) is 8.76. The third-order valence-corrected chi connectivity index (χ3v) is 4.06. The fourth-order valence-electron chi connectivity index (χ4n) is 3.05. The van der Waals surface area contributed by atoms with E-state index in [9.17, 15) is 9.50 Å². The van der Waals surface area contributed by atoms with Crippen LogP contribution in [-0.2, 0) is 17.8 Å². The summed E-state index contributed by atoms with van der Waals surface area (Å²) in [6.45, 7) is 7.29. The van der Waals surface area contributed by atoms with E-state index in [1.807, 2.05) is 24.4 Å². The van der Waals surface area contributed by atoms with Gasteiger partial charge in [-0.3, -0.25) is 4.90 Å². The van der Waals surface area contributed by atoms with Crippen LogP contribution in [0.15, 0.2) is 42.6 Å². The Labute approximate surface area is 149 Å². The summed E-state index contributed by atoms with van der Waals surface area (Å²) in [5.41, 5.74) is 1.78. The number of benzene rings is 1. The largest absolute Gasteiger partial charge is 0.389 e. The second-order valence-corrected chi connectivity index (χ2v) is 6.92. The van der Waals surface area contributed by atoms with Gasteiger partial charge in [0, 0.05) is 44.2 Å². The molecular formula is C20H29FN2O2. The van der Waals surface area contributed by atoms with Gasteiger partial charge in [-0.25, -0.2) is 4.39 Å². The molecule has 2 rings (SSSR count). The maximum Gasteiger partial charge on any atom is 0.128 e. The SMILES string of the molecule is COC[C@H](O)CN(Cc1cccn1Cc1ccccc1F)CC(C)C. The normalized spacial score (nSPS) is 12.9. The molecule has 0 unspecified atom stereocenters. The van der Waals surface area contributed by atoms with Gasteiger partial charge in [0.1, 0.15) is 5.82 Å². The van der Waals surface area contributed by atoms with Gasteiger partial charge in [0.25, 0.3) is 0 Å². The monoisotopic (exact) mass is 348 g/mol. The molecule has 25 heavy (non-hydrogen) atoms. The summed E-state index contributed by atoms with van der Waals surface area (Å²) < 4.78 is 21.0. The molecule has 0 fully saturated rings. The number of aliphatic hydroxyl groups excluding tert-OH is 1. The zero-order chi connectivity index (χ0) is 18.2. The van der Waals surface area contributed by atoms with Gasteiger partial charge in [-0.05, 0) is 24.1 Å². The standard InChI is InChI=1S/C20H29FN2O2/c1-16(2)11-22(14-19(24)15-25-3)13-18-8-6-10-23(18)12-17-7-4-5-9-20(17)21/h4-10,16,19,24H,11-15H2,1-3H3/t19-/m1/s1. The average Bonchev–Trinajstić information content (AvgIpc) is 2.96. The predicted molar refractivity (Wildman–Crippen MR) is 97.9 cm³/mol. The fraction of sp³-hybridized carbons (Fsp3) is 0.500. The Kier molecular flexibility index (Phi) is 7.62. The van der Waals surface area contributed by atoms with Crippen LogP contribution < -0.4 is 0 Å². The molecule has 1 heterocycles. The molecule has 1 aromatic heterocycles. The van der Waals surface area contributed by atoms with Crippen LogP contribution in [0.1, 0.15) is 25.1 Å². The zero-order valence-corrected chi connectivity index (χ0v) is 15.4. The van der Waals surface area contributed by atoms with Gasteiger partial charge < -0.3 is 14.4 Å². The first-order valence-electron chi connectivity index (χ1n) is 8.76. The van der Waals surface area contributed by atoms with Gasteiger partial charge in [-0.1, -0.05) is 32.0 Å². The van der Waals surface area contributed by atoms with Crippen molar-refractivity contribution in [3.05, 3.63) is 59.7 Å². The first-order chi connectivity index (χ1) is 12.0. The molecule has 0 spiro atoms. The van der Waals surface area contributed by atoms with Crippen molar-refractivity contribution in [1.29, 1.82) is 0 Å². The van der Waals surface area contributed by atoms with E-state index < -0.39 is 6.10 Å². The number of aromatic nitrogens is 1. The Morgan fingerprint density at radius 1 is 1.16 bits per heavy atom. The van der Waals surface area contributed by atoms with Crippen molar-refractivity contribution in [2.24, 2.45) is 5.92 Å². The maximum absolute atomic E-state index is 13.9. The minimum Gasteiger partial charge on any atom is -0.389 e. The Morgan fingerprint density at radius 2 is 1.92 bits per heavy atom. The summed E-state index contributed by atoms with van der Waals surface area (Å²) >= 11 is 0. The molecule has 0 radical (unpaired) electrons. The highest BCUT2D eigenvalue weighted by atomic mass is 19.1. The van der Waals surface area contributed by atoms with Crippen LogP contribution in [0, 0.1) is 11.7 Å². The highest BCUT2D eigenvalue weighted by Gasteiger charge is 2.15. The number of halogens is 1. The van der Waals surface area contributed by atoms with Gasteiger partial charge in [-0.2, -0.15) is 0 Å². The van der Waals surface area contributed by atoms with Gasteiger partial charge in [0.2, 0.25) is 0 Å². The van der Waals surface area contributed by atoms with Crippen molar-refractivity contribution in [3.8, 4) is 0 Å². The fourth-order valence-corrected chi connectivity index (χ4v) is 3.05. The molecule has 1 N–H and O–H groups in total.